The SMILES string of the molecule is CCn1cc(C(C)N)c2cccc(Br)c21. The van der Waals surface area contributed by atoms with E-state index < -0.39 is 0 Å². The predicted octanol–water partition coefficient (Wildman–Crippen LogP) is 3.44. The van der Waals surface area contributed by atoms with E-state index in [1.165, 1.54) is 16.5 Å². The van der Waals surface area contributed by atoms with Gasteiger partial charge in [0.25, 0.3) is 0 Å². The van der Waals surface area contributed by atoms with Crippen molar-refractivity contribution < 1.29 is 0 Å². The number of hydrogen-bond acceptors (Lipinski definition) is 1. The summed E-state index contributed by atoms with van der Waals surface area (Å²) < 4.78 is 3.37. The van der Waals surface area contributed by atoms with Crippen LogP contribution in [0.4, 0.5) is 0 Å². The number of fused-ring (bicyclic) bond motifs is 1. The number of para-hydroxylation sites is 1. The van der Waals surface area contributed by atoms with Gasteiger partial charge in [-0.2, -0.15) is 0 Å². The van der Waals surface area contributed by atoms with Crippen molar-refractivity contribution >= 4 is 26.8 Å². The first-order valence-corrected chi connectivity index (χ1v) is 5.97. The Morgan fingerprint density at radius 2 is 2.20 bits per heavy atom. The second-order valence-electron chi connectivity index (χ2n) is 3.80. The van der Waals surface area contributed by atoms with Gasteiger partial charge in [0.1, 0.15) is 0 Å². The molecule has 1 aromatic carbocycles. The van der Waals surface area contributed by atoms with E-state index in [1.807, 2.05) is 6.92 Å². The Balaban J connectivity index is 2.81. The molecular weight excluding hydrogens is 252 g/mol. The smallest absolute Gasteiger partial charge is 0.0628 e. The molecule has 2 nitrogen and oxygen atoms in total. The van der Waals surface area contributed by atoms with E-state index in [9.17, 15) is 0 Å². The molecular formula is C12H15BrN2. The molecule has 0 spiro atoms. The molecule has 0 bridgehead atoms. The van der Waals surface area contributed by atoms with E-state index in [4.69, 9.17) is 5.73 Å². The fourth-order valence-corrected chi connectivity index (χ4v) is 2.55. The van der Waals surface area contributed by atoms with Gasteiger partial charge in [-0.25, -0.2) is 0 Å². The van der Waals surface area contributed by atoms with E-state index in [-0.39, 0.29) is 6.04 Å². The molecule has 0 amide bonds. The van der Waals surface area contributed by atoms with Crippen LogP contribution in [-0.2, 0) is 6.54 Å². The highest BCUT2D eigenvalue weighted by atomic mass is 79.9. The molecule has 2 rings (SSSR count). The van der Waals surface area contributed by atoms with Crippen molar-refractivity contribution in [2.75, 3.05) is 0 Å². The molecule has 0 aliphatic carbocycles. The average molecular weight is 267 g/mol. The van der Waals surface area contributed by atoms with Crippen molar-refractivity contribution in [3.63, 3.8) is 0 Å². The van der Waals surface area contributed by atoms with Crippen LogP contribution in [-0.4, -0.2) is 4.57 Å². The monoisotopic (exact) mass is 266 g/mol. The summed E-state index contributed by atoms with van der Waals surface area (Å²) in [5, 5.41) is 1.25. The van der Waals surface area contributed by atoms with Gasteiger partial charge in [0.15, 0.2) is 0 Å². The first kappa shape index (κ1) is 10.7. The van der Waals surface area contributed by atoms with Crippen molar-refractivity contribution in [1.29, 1.82) is 0 Å². The van der Waals surface area contributed by atoms with Gasteiger partial charge in [-0.3, -0.25) is 0 Å². The number of aromatic nitrogens is 1. The number of nitrogens with zero attached hydrogens (tertiary/aromatic N) is 1. The molecule has 2 aromatic rings. The third-order valence-corrected chi connectivity index (χ3v) is 3.35. The topological polar surface area (TPSA) is 30.9 Å². The van der Waals surface area contributed by atoms with E-state index in [0.29, 0.717) is 0 Å². The van der Waals surface area contributed by atoms with Gasteiger partial charge < -0.3 is 10.3 Å². The second kappa shape index (κ2) is 3.99. The van der Waals surface area contributed by atoms with Crippen molar-refractivity contribution in [1.82, 2.24) is 4.57 Å². The first-order chi connectivity index (χ1) is 7.15. The molecule has 3 heteroatoms. The summed E-state index contributed by atoms with van der Waals surface area (Å²) in [6.45, 7) is 5.13. The Morgan fingerprint density at radius 3 is 2.80 bits per heavy atom. The predicted molar refractivity (Wildman–Crippen MR) is 67.9 cm³/mol. The Morgan fingerprint density at radius 1 is 1.47 bits per heavy atom. The van der Waals surface area contributed by atoms with Crippen molar-refractivity contribution in [3.8, 4) is 0 Å². The Labute approximate surface area is 98.2 Å². The summed E-state index contributed by atoms with van der Waals surface area (Å²) in [5.41, 5.74) is 8.43. The normalized spacial score (nSPS) is 13.3. The van der Waals surface area contributed by atoms with Crippen LogP contribution < -0.4 is 5.73 Å². The zero-order valence-corrected chi connectivity index (χ0v) is 10.6. The molecule has 0 radical (unpaired) electrons. The first-order valence-electron chi connectivity index (χ1n) is 5.18. The van der Waals surface area contributed by atoms with E-state index >= 15 is 0 Å². The maximum Gasteiger partial charge on any atom is 0.0628 e. The van der Waals surface area contributed by atoms with Crippen molar-refractivity contribution in [2.24, 2.45) is 5.73 Å². The minimum Gasteiger partial charge on any atom is -0.346 e. The molecule has 80 valence electrons. The number of nitrogens with two attached hydrogens (primary N) is 1. The van der Waals surface area contributed by atoms with Gasteiger partial charge in [0, 0.05) is 28.6 Å². The van der Waals surface area contributed by atoms with Crippen LogP contribution >= 0.6 is 15.9 Å². The van der Waals surface area contributed by atoms with E-state index in [1.54, 1.807) is 0 Å². The average Bonchev–Trinajstić information content (AvgIpc) is 2.58. The number of hydrogen-bond donors (Lipinski definition) is 1. The maximum absolute atomic E-state index is 5.97. The lowest BCUT2D eigenvalue weighted by atomic mass is 10.1. The van der Waals surface area contributed by atoms with Crippen LogP contribution in [0.1, 0.15) is 25.5 Å². The van der Waals surface area contributed by atoms with Crippen LogP contribution in [0.3, 0.4) is 0 Å². The van der Waals surface area contributed by atoms with Crippen LogP contribution in [0.25, 0.3) is 10.9 Å². The quantitative estimate of drug-likeness (QED) is 0.887. The van der Waals surface area contributed by atoms with Crippen molar-refractivity contribution in [3.05, 3.63) is 34.4 Å². The van der Waals surface area contributed by atoms with Crippen LogP contribution in [0, 0.1) is 0 Å². The number of aryl methyl sites for hydroxylation is 1. The molecule has 0 aliphatic heterocycles. The van der Waals surface area contributed by atoms with Gasteiger partial charge in [0.05, 0.1) is 5.52 Å². The van der Waals surface area contributed by atoms with Gasteiger partial charge in [0.2, 0.25) is 0 Å². The minimum atomic E-state index is 0.0783. The fraction of sp³-hybridized carbons (Fsp3) is 0.333. The largest absolute Gasteiger partial charge is 0.346 e. The fourth-order valence-electron chi connectivity index (χ4n) is 1.95. The summed E-state index contributed by atoms with van der Waals surface area (Å²) in [4.78, 5) is 0. The van der Waals surface area contributed by atoms with Crippen LogP contribution in [0.2, 0.25) is 0 Å². The van der Waals surface area contributed by atoms with Crippen LogP contribution in [0.5, 0.6) is 0 Å². The molecule has 1 atom stereocenters. The van der Waals surface area contributed by atoms with Gasteiger partial charge in [-0.05, 0) is 41.4 Å². The molecule has 0 fully saturated rings. The molecule has 0 aliphatic rings. The summed E-state index contributed by atoms with van der Waals surface area (Å²) >= 11 is 3.59. The molecule has 0 saturated carbocycles. The number of halogens is 1. The van der Waals surface area contributed by atoms with Gasteiger partial charge >= 0.3 is 0 Å². The van der Waals surface area contributed by atoms with Gasteiger partial charge in [-0.1, -0.05) is 12.1 Å². The van der Waals surface area contributed by atoms with Gasteiger partial charge in [-0.15, -0.1) is 0 Å². The minimum absolute atomic E-state index is 0.0783. The zero-order chi connectivity index (χ0) is 11.0. The molecule has 15 heavy (non-hydrogen) atoms. The third kappa shape index (κ3) is 1.70. The number of rotatable bonds is 2. The summed E-state index contributed by atoms with van der Waals surface area (Å²) in [7, 11) is 0. The Kier molecular flexibility index (Phi) is 2.85. The molecule has 0 saturated heterocycles. The molecule has 2 N–H and O–H groups in total. The summed E-state index contributed by atoms with van der Waals surface area (Å²) in [5.74, 6) is 0. The number of benzene rings is 1. The standard InChI is InChI=1S/C12H15BrN2/c1-3-15-7-10(8(2)14)9-5-4-6-11(13)12(9)15/h4-8H,3,14H2,1-2H3. The molecule has 1 heterocycles. The maximum atomic E-state index is 5.97. The van der Waals surface area contributed by atoms with Crippen LogP contribution in [0.15, 0.2) is 28.9 Å². The highest BCUT2D eigenvalue weighted by molar-refractivity contribution is 9.10. The highest BCUT2D eigenvalue weighted by Crippen LogP contribution is 2.30. The summed E-state index contributed by atoms with van der Waals surface area (Å²) in [6, 6.07) is 6.33. The van der Waals surface area contributed by atoms with E-state index in [2.05, 4.69) is 51.8 Å². The third-order valence-electron chi connectivity index (χ3n) is 2.71. The lowest BCUT2D eigenvalue weighted by molar-refractivity contribution is 0.769. The lowest BCUT2D eigenvalue weighted by Gasteiger charge is -2.02. The summed E-state index contributed by atoms with van der Waals surface area (Å²) in [6.07, 6.45) is 2.15. The van der Waals surface area contributed by atoms with Crippen molar-refractivity contribution in [2.45, 2.75) is 26.4 Å². The zero-order valence-electron chi connectivity index (χ0n) is 9.00. The van der Waals surface area contributed by atoms with E-state index in [0.717, 1.165) is 11.0 Å². The molecule has 1 unspecified atom stereocenters. The lowest BCUT2D eigenvalue weighted by Crippen LogP contribution is -2.03. The molecule has 1 aromatic heterocycles. The Bertz CT molecular complexity index is 486. The highest BCUT2D eigenvalue weighted by Gasteiger charge is 2.12. The second-order valence-corrected chi connectivity index (χ2v) is 4.65. The Hall–Kier alpha value is -0.800.